The number of hydrogen-bond acceptors (Lipinski definition) is 4. The van der Waals surface area contributed by atoms with Crippen molar-refractivity contribution in [2.24, 2.45) is 0 Å². The highest BCUT2D eigenvalue weighted by Gasteiger charge is 2.35. The topological polar surface area (TPSA) is 75.7 Å². The summed E-state index contributed by atoms with van der Waals surface area (Å²) >= 11 is 0. The zero-order valence-electron chi connectivity index (χ0n) is 17.3. The molecule has 3 amide bonds. The third-order valence-electron chi connectivity index (χ3n) is 5.26. The molecular weight excluding hydrogens is 387 g/mol. The van der Waals surface area contributed by atoms with Crippen molar-refractivity contribution in [3.05, 3.63) is 70.5 Å². The van der Waals surface area contributed by atoms with Crippen molar-refractivity contribution in [3.8, 4) is 0 Å². The van der Waals surface area contributed by atoms with Crippen LogP contribution in [0, 0.1) is 5.82 Å². The molecular formula is C23H25FN2O4. The molecule has 0 aliphatic carbocycles. The predicted molar refractivity (Wildman–Crippen MR) is 110 cm³/mol. The first kappa shape index (κ1) is 21.6. The second-order valence-electron chi connectivity index (χ2n) is 7.92. The zero-order chi connectivity index (χ0) is 21.9. The van der Waals surface area contributed by atoms with Crippen molar-refractivity contribution in [3.63, 3.8) is 0 Å². The summed E-state index contributed by atoms with van der Waals surface area (Å²) < 4.78 is 19.1. The Morgan fingerprint density at radius 2 is 1.80 bits per heavy atom. The van der Waals surface area contributed by atoms with Gasteiger partial charge >= 0.3 is 0 Å². The van der Waals surface area contributed by atoms with Gasteiger partial charge in [-0.05, 0) is 36.2 Å². The van der Waals surface area contributed by atoms with Crippen LogP contribution in [0.4, 0.5) is 4.39 Å². The molecule has 2 aromatic carbocycles. The van der Waals surface area contributed by atoms with E-state index >= 15 is 0 Å². The Morgan fingerprint density at radius 1 is 1.10 bits per heavy atom. The maximum atomic E-state index is 14.1. The SMILES string of the molecule is COCCCN1C(=O)c2ccc(C(=O)NCC(C)(C)c3ccccc3F)cc2C1=O. The maximum absolute atomic E-state index is 14.1. The highest BCUT2D eigenvalue weighted by Crippen LogP contribution is 2.26. The van der Waals surface area contributed by atoms with Gasteiger partial charge in [-0.2, -0.15) is 0 Å². The van der Waals surface area contributed by atoms with Crippen LogP contribution in [0.2, 0.25) is 0 Å². The number of rotatable bonds is 8. The Hall–Kier alpha value is -3.06. The van der Waals surface area contributed by atoms with Crippen LogP contribution in [0.25, 0.3) is 0 Å². The molecule has 0 fully saturated rings. The van der Waals surface area contributed by atoms with E-state index in [1.807, 2.05) is 13.8 Å². The van der Waals surface area contributed by atoms with E-state index in [4.69, 9.17) is 4.74 Å². The molecule has 0 aromatic heterocycles. The van der Waals surface area contributed by atoms with Crippen molar-refractivity contribution in [2.75, 3.05) is 26.8 Å². The lowest BCUT2D eigenvalue weighted by atomic mass is 9.84. The molecule has 0 unspecified atom stereocenters. The fourth-order valence-corrected chi connectivity index (χ4v) is 3.51. The predicted octanol–water partition coefficient (Wildman–Crippen LogP) is 3.17. The molecule has 0 saturated heterocycles. The molecule has 1 heterocycles. The normalized spacial score (nSPS) is 13.5. The first-order valence-corrected chi connectivity index (χ1v) is 9.78. The van der Waals surface area contributed by atoms with Crippen molar-refractivity contribution in [1.29, 1.82) is 0 Å². The monoisotopic (exact) mass is 412 g/mol. The van der Waals surface area contributed by atoms with Crippen LogP contribution in [-0.4, -0.2) is 49.4 Å². The molecule has 0 spiro atoms. The van der Waals surface area contributed by atoms with Crippen LogP contribution in [0.5, 0.6) is 0 Å². The van der Waals surface area contributed by atoms with Gasteiger partial charge in [0.1, 0.15) is 5.82 Å². The van der Waals surface area contributed by atoms with Gasteiger partial charge in [0.05, 0.1) is 11.1 Å². The number of carbonyl (C=O) groups excluding carboxylic acids is 3. The van der Waals surface area contributed by atoms with Gasteiger partial charge in [0.2, 0.25) is 0 Å². The van der Waals surface area contributed by atoms with Gasteiger partial charge < -0.3 is 10.1 Å². The average molecular weight is 412 g/mol. The third kappa shape index (κ3) is 4.26. The van der Waals surface area contributed by atoms with Gasteiger partial charge in [-0.25, -0.2) is 4.39 Å². The summed E-state index contributed by atoms with van der Waals surface area (Å²) in [6.45, 7) is 4.60. The number of nitrogens with one attached hydrogen (secondary N) is 1. The van der Waals surface area contributed by atoms with Crippen LogP contribution in [0.15, 0.2) is 42.5 Å². The summed E-state index contributed by atoms with van der Waals surface area (Å²) in [5.41, 5.74) is 0.672. The first-order chi connectivity index (χ1) is 14.3. The van der Waals surface area contributed by atoms with Crippen LogP contribution in [-0.2, 0) is 10.2 Å². The van der Waals surface area contributed by atoms with E-state index in [9.17, 15) is 18.8 Å². The van der Waals surface area contributed by atoms with Crippen LogP contribution in [0.1, 0.15) is 56.9 Å². The number of carbonyl (C=O) groups is 3. The smallest absolute Gasteiger partial charge is 0.261 e. The summed E-state index contributed by atoms with van der Waals surface area (Å²) in [5.74, 6) is -1.49. The summed E-state index contributed by atoms with van der Waals surface area (Å²) in [4.78, 5) is 38.9. The van der Waals surface area contributed by atoms with E-state index < -0.39 is 11.3 Å². The number of imide groups is 1. The van der Waals surface area contributed by atoms with Gasteiger partial charge in [0.25, 0.3) is 17.7 Å². The molecule has 0 bridgehead atoms. The van der Waals surface area contributed by atoms with E-state index in [0.717, 1.165) is 0 Å². The molecule has 1 aliphatic rings. The molecule has 30 heavy (non-hydrogen) atoms. The van der Waals surface area contributed by atoms with E-state index in [-0.39, 0.29) is 41.8 Å². The Kier molecular flexibility index (Phi) is 6.31. The van der Waals surface area contributed by atoms with E-state index in [1.165, 1.54) is 29.2 Å². The highest BCUT2D eigenvalue weighted by atomic mass is 19.1. The highest BCUT2D eigenvalue weighted by molar-refractivity contribution is 6.22. The molecule has 1 N–H and O–H groups in total. The molecule has 0 saturated carbocycles. The zero-order valence-corrected chi connectivity index (χ0v) is 17.3. The van der Waals surface area contributed by atoms with Crippen molar-refractivity contribution in [2.45, 2.75) is 25.7 Å². The maximum Gasteiger partial charge on any atom is 0.261 e. The Morgan fingerprint density at radius 3 is 2.50 bits per heavy atom. The molecule has 0 atom stereocenters. The van der Waals surface area contributed by atoms with Crippen molar-refractivity contribution >= 4 is 17.7 Å². The lowest BCUT2D eigenvalue weighted by Crippen LogP contribution is -2.37. The van der Waals surface area contributed by atoms with Gasteiger partial charge in [-0.3, -0.25) is 19.3 Å². The molecule has 158 valence electrons. The molecule has 7 heteroatoms. The second-order valence-corrected chi connectivity index (χ2v) is 7.92. The van der Waals surface area contributed by atoms with Crippen molar-refractivity contribution < 1.29 is 23.5 Å². The summed E-state index contributed by atoms with van der Waals surface area (Å²) in [6, 6.07) is 10.9. The Bertz CT molecular complexity index is 987. The second kappa shape index (κ2) is 8.75. The number of amides is 3. The lowest BCUT2D eigenvalue weighted by Gasteiger charge is -2.26. The average Bonchev–Trinajstić information content (AvgIpc) is 2.96. The van der Waals surface area contributed by atoms with Crippen LogP contribution < -0.4 is 5.32 Å². The number of methoxy groups -OCH3 is 1. The fraction of sp³-hybridized carbons (Fsp3) is 0.348. The summed E-state index contributed by atoms with van der Waals surface area (Å²) in [6.07, 6.45) is 0.542. The Balaban J connectivity index is 1.71. The van der Waals surface area contributed by atoms with Gasteiger partial charge in [0, 0.05) is 37.8 Å². The quantitative estimate of drug-likeness (QED) is 0.534. The molecule has 0 radical (unpaired) electrons. The van der Waals surface area contributed by atoms with E-state index in [2.05, 4.69) is 5.32 Å². The summed E-state index contributed by atoms with van der Waals surface area (Å²) in [7, 11) is 1.56. The number of nitrogens with zero attached hydrogens (tertiary/aromatic N) is 1. The van der Waals surface area contributed by atoms with Gasteiger partial charge in [-0.15, -0.1) is 0 Å². The molecule has 6 nitrogen and oxygen atoms in total. The third-order valence-corrected chi connectivity index (χ3v) is 5.26. The minimum absolute atomic E-state index is 0.208. The fourth-order valence-electron chi connectivity index (χ4n) is 3.51. The number of fused-ring (bicyclic) bond motifs is 1. The minimum atomic E-state index is -0.623. The van der Waals surface area contributed by atoms with Gasteiger partial charge in [-0.1, -0.05) is 32.0 Å². The van der Waals surface area contributed by atoms with Crippen LogP contribution >= 0.6 is 0 Å². The lowest BCUT2D eigenvalue weighted by molar-refractivity contribution is 0.0638. The number of halogens is 1. The molecule has 1 aliphatic heterocycles. The van der Waals surface area contributed by atoms with Crippen LogP contribution in [0.3, 0.4) is 0 Å². The van der Waals surface area contributed by atoms with E-state index in [0.29, 0.717) is 24.2 Å². The largest absolute Gasteiger partial charge is 0.385 e. The molecule has 3 rings (SSSR count). The van der Waals surface area contributed by atoms with Crippen molar-refractivity contribution in [1.82, 2.24) is 10.2 Å². The minimum Gasteiger partial charge on any atom is -0.385 e. The molecule has 2 aromatic rings. The number of benzene rings is 2. The first-order valence-electron chi connectivity index (χ1n) is 9.78. The van der Waals surface area contributed by atoms with Gasteiger partial charge in [0.15, 0.2) is 0 Å². The number of hydrogen-bond donors (Lipinski definition) is 1. The summed E-state index contributed by atoms with van der Waals surface area (Å²) in [5, 5.41) is 2.80. The Labute approximate surface area is 175 Å². The standard InChI is InChI=1S/C23H25FN2O4/c1-23(2,18-7-4-5-8-19(18)24)14-25-20(27)15-9-10-16-17(13-15)22(29)26(21(16)28)11-6-12-30-3/h4-5,7-10,13H,6,11-12,14H2,1-3H3,(H,25,27). The van der Waals surface area contributed by atoms with E-state index in [1.54, 1.807) is 25.3 Å². The number of ether oxygens (including phenoxy) is 1.